The van der Waals surface area contributed by atoms with E-state index in [4.69, 9.17) is 4.74 Å². The SMILES string of the molecule is O=c1[nH]c(C2CCCO2)nc2nc(Br)cnc12. The van der Waals surface area contributed by atoms with E-state index >= 15 is 0 Å². The molecule has 3 heterocycles. The summed E-state index contributed by atoms with van der Waals surface area (Å²) in [6.07, 6.45) is 3.20. The fraction of sp³-hybridized carbons (Fsp3) is 0.400. The van der Waals surface area contributed by atoms with E-state index < -0.39 is 0 Å². The van der Waals surface area contributed by atoms with Crippen LogP contribution in [0.5, 0.6) is 0 Å². The largest absolute Gasteiger partial charge is 0.370 e. The molecule has 0 radical (unpaired) electrons. The Balaban J connectivity index is 2.18. The van der Waals surface area contributed by atoms with Gasteiger partial charge in [0.05, 0.1) is 6.20 Å². The van der Waals surface area contributed by atoms with Crippen molar-refractivity contribution in [3.63, 3.8) is 0 Å². The molecule has 0 aromatic carbocycles. The van der Waals surface area contributed by atoms with Gasteiger partial charge in [0, 0.05) is 6.61 Å². The molecule has 1 atom stereocenters. The molecule has 0 spiro atoms. The maximum atomic E-state index is 11.8. The molecule has 0 aliphatic carbocycles. The normalized spacial score (nSPS) is 19.9. The van der Waals surface area contributed by atoms with Crippen molar-refractivity contribution in [3.05, 3.63) is 27.0 Å². The van der Waals surface area contributed by atoms with Gasteiger partial charge < -0.3 is 9.72 Å². The maximum Gasteiger partial charge on any atom is 0.279 e. The Morgan fingerprint density at radius 2 is 2.35 bits per heavy atom. The highest BCUT2D eigenvalue weighted by molar-refractivity contribution is 9.10. The summed E-state index contributed by atoms with van der Waals surface area (Å²) in [5, 5.41) is 0. The van der Waals surface area contributed by atoms with Gasteiger partial charge in [-0.15, -0.1) is 0 Å². The molecule has 0 amide bonds. The fourth-order valence-corrected chi connectivity index (χ4v) is 2.13. The van der Waals surface area contributed by atoms with Crippen molar-refractivity contribution >= 4 is 27.1 Å². The minimum Gasteiger partial charge on any atom is -0.370 e. The summed E-state index contributed by atoms with van der Waals surface area (Å²) in [4.78, 5) is 26.9. The molecule has 2 aromatic rings. The molecule has 0 saturated carbocycles. The number of hydrogen-bond donors (Lipinski definition) is 1. The van der Waals surface area contributed by atoms with Crippen molar-refractivity contribution in [2.24, 2.45) is 0 Å². The third-order valence-electron chi connectivity index (χ3n) is 2.64. The number of aromatic nitrogens is 4. The smallest absolute Gasteiger partial charge is 0.279 e. The second-order valence-electron chi connectivity index (χ2n) is 3.82. The van der Waals surface area contributed by atoms with E-state index in [-0.39, 0.29) is 17.2 Å². The summed E-state index contributed by atoms with van der Waals surface area (Å²) in [5.41, 5.74) is 0.309. The zero-order chi connectivity index (χ0) is 11.8. The van der Waals surface area contributed by atoms with Crippen molar-refractivity contribution in [1.82, 2.24) is 19.9 Å². The van der Waals surface area contributed by atoms with E-state index in [1.165, 1.54) is 6.20 Å². The molecule has 88 valence electrons. The topological polar surface area (TPSA) is 80.8 Å². The molecule has 1 N–H and O–H groups in total. The quantitative estimate of drug-likeness (QED) is 0.858. The zero-order valence-corrected chi connectivity index (χ0v) is 10.4. The second-order valence-corrected chi connectivity index (χ2v) is 4.63. The van der Waals surface area contributed by atoms with E-state index in [1.807, 2.05) is 0 Å². The zero-order valence-electron chi connectivity index (χ0n) is 8.81. The molecule has 2 aromatic heterocycles. The molecule has 1 fully saturated rings. The number of aromatic amines is 1. The van der Waals surface area contributed by atoms with Crippen LogP contribution in [-0.2, 0) is 4.74 Å². The van der Waals surface area contributed by atoms with Gasteiger partial charge >= 0.3 is 0 Å². The number of ether oxygens (including phenoxy) is 1. The highest BCUT2D eigenvalue weighted by Crippen LogP contribution is 2.25. The van der Waals surface area contributed by atoms with Crippen LogP contribution in [0.4, 0.5) is 0 Å². The Labute approximate surface area is 105 Å². The predicted octanol–water partition coefficient (Wildman–Crippen LogP) is 1.33. The Morgan fingerprint density at radius 3 is 3.12 bits per heavy atom. The molecule has 6 nitrogen and oxygen atoms in total. The number of nitrogens with one attached hydrogen (secondary N) is 1. The van der Waals surface area contributed by atoms with Gasteiger partial charge in [-0.1, -0.05) is 0 Å². The van der Waals surface area contributed by atoms with Crippen molar-refractivity contribution in [2.45, 2.75) is 18.9 Å². The summed E-state index contributed by atoms with van der Waals surface area (Å²) < 4.78 is 6.04. The van der Waals surface area contributed by atoms with Crippen molar-refractivity contribution in [1.29, 1.82) is 0 Å². The number of nitrogens with zero attached hydrogens (tertiary/aromatic N) is 3. The van der Waals surface area contributed by atoms with Gasteiger partial charge in [0.1, 0.15) is 16.5 Å². The van der Waals surface area contributed by atoms with E-state index in [2.05, 4.69) is 35.9 Å². The number of halogens is 1. The summed E-state index contributed by atoms with van der Waals surface area (Å²) in [7, 11) is 0. The standard InChI is InChI=1S/C10H9BrN4O2/c11-6-4-12-7-9(13-6)14-8(15-10(7)16)5-2-1-3-17-5/h4-5H,1-3H2,(H,13,14,15,16). The van der Waals surface area contributed by atoms with Crippen LogP contribution in [0.25, 0.3) is 11.2 Å². The van der Waals surface area contributed by atoms with Crippen LogP contribution in [0, 0.1) is 0 Å². The van der Waals surface area contributed by atoms with E-state index in [9.17, 15) is 4.79 Å². The van der Waals surface area contributed by atoms with Crippen LogP contribution < -0.4 is 5.56 Å². The molecule has 1 aliphatic rings. The first-order chi connectivity index (χ1) is 8.24. The molecular formula is C10H9BrN4O2. The summed E-state index contributed by atoms with van der Waals surface area (Å²) in [5.74, 6) is 0.535. The number of H-pyrrole nitrogens is 1. The van der Waals surface area contributed by atoms with Gasteiger partial charge in [0.15, 0.2) is 11.2 Å². The van der Waals surface area contributed by atoms with Crippen molar-refractivity contribution < 1.29 is 4.74 Å². The second kappa shape index (κ2) is 4.15. The lowest BCUT2D eigenvalue weighted by molar-refractivity contribution is 0.105. The van der Waals surface area contributed by atoms with E-state index in [1.54, 1.807) is 0 Å². The molecule has 7 heteroatoms. The molecule has 1 aliphatic heterocycles. The van der Waals surface area contributed by atoms with E-state index in [0.29, 0.717) is 22.7 Å². The minimum atomic E-state index is -0.277. The van der Waals surface area contributed by atoms with Crippen LogP contribution in [-0.4, -0.2) is 26.5 Å². The van der Waals surface area contributed by atoms with Crippen LogP contribution in [0.15, 0.2) is 15.6 Å². The fourth-order valence-electron chi connectivity index (χ4n) is 1.86. The lowest BCUT2D eigenvalue weighted by atomic mass is 10.2. The Hall–Kier alpha value is -1.34. The molecular weight excluding hydrogens is 288 g/mol. The molecule has 3 rings (SSSR count). The monoisotopic (exact) mass is 296 g/mol. The van der Waals surface area contributed by atoms with Gasteiger partial charge in [-0.3, -0.25) is 4.79 Å². The van der Waals surface area contributed by atoms with Crippen LogP contribution >= 0.6 is 15.9 Å². The van der Waals surface area contributed by atoms with Gasteiger partial charge in [-0.25, -0.2) is 15.0 Å². The minimum absolute atomic E-state index is 0.132. The summed E-state index contributed by atoms with van der Waals surface area (Å²) in [6.45, 7) is 0.705. The highest BCUT2D eigenvalue weighted by atomic mass is 79.9. The van der Waals surface area contributed by atoms with Crippen LogP contribution in [0.1, 0.15) is 24.8 Å². The van der Waals surface area contributed by atoms with Gasteiger partial charge in [0.2, 0.25) is 0 Å². The van der Waals surface area contributed by atoms with E-state index in [0.717, 1.165) is 12.8 Å². The summed E-state index contributed by atoms with van der Waals surface area (Å²) >= 11 is 3.21. The molecule has 1 unspecified atom stereocenters. The lowest BCUT2D eigenvalue weighted by Crippen LogP contribution is -2.16. The first-order valence-corrected chi connectivity index (χ1v) is 6.07. The van der Waals surface area contributed by atoms with Crippen LogP contribution in [0.3, 0.4) is 0 Å². The van der Waals surface area contributed by atoms with Gasteiger partial charge in [0.25, 0.3) is 5.56 Å². The average Bonchev–Trinajstić information content (AvgIpc) is 2.81. The highest BCUT2D eigenvalue weighted by Gasteiger charge is 2.21. The Kier molecular flexibility index (Phi) is 2.64. The number of rotatable bonds is 1. The van der Waals surface area contributed by atoms with Crippen molar-refractivity contribution in [2.75, 3.05) is 6.61 Å². The Morgan fingerprint density at radius 1 is 1.47 bits per heavy atom. The third kappa shape index (κ3) is 1.96. The maximum absolute atomic E-state index is 11.8. The average molecular weight is 297 g/mol. The molecule has 0 bridgehead atoms. The number of hydrogen-bond acceptors (Lipinski definition) is 5. The predicted molar refractivity (Wildman–Crippen MR) is 63.6 cm³/mol. The number of fused-ring (bicyclic) bond motifs is 1. The Bertz CT molecular complexity index is 621. The molecule has 1 saturated heterocycles. The lowest BCUT2D eigenvalue weighted by Gasteiger charge is -2.08. The molecule has 17 heavy (non-hydrogen) atoms. The summed E-state index contributed by atoms with van der Waals surface area (Å²) in [6, 6.07) is 0. The van der Waals surface area contributed by atoms with Gasteiger partial charge in [-0.05, 0) is 28.8 Å². The van der Waals surface area contributed by atoms with Gasteiger partial charge in [-0.2, -0.15) is 0 Å². The van der Waals surface area contributed by atoms with Crippen LogP contribution in [0.2, 0.25) is 0 Å². The third-order valence-corrected chi connectivity index (χ3v) is 3.02. The first-order valence-electron chi connectivity index (χ1n) is 5.28. The van der Waals surface area contributed by atoms with Crippen molar-refractivity contribution in [3.8, 4) is 0 Å². The first kappa shape index (κ1) is 10.8.